The van der Waals surface area contributed by atoms with Crippen LogP contribution in [0.2, 0.25) is 0 Å². The van der Waals surface area contributed by atoms with Gasteiger partial charge in [-0.3, -0.25) is 0 Å². The van der Waals surface area contributed by atoms with Crippen LogP contribution in [0.15, 0.2) is 11.8 Å². The lowest BCUT2D eigenvalue weighted by Gasteiger charge is -2.00. The van der Waals surface area contributed by atoms with Crippen LogP contribution in [-0.4, -0.2) is 19.2 Å². The van der Waals surface area contributed by atoms with E-state index in [1.807, 2.05) is 13.8 Å². The molecule has 0 aliphatic carbocycles. The van der Waals surface area contributed by atoms with Crippen molar-refractivity contribution in [1.82, 2.24) is 0 Å². The Morgan fingerprint density at radius 1 is 1.45 bits per heavy atom. The Hall–Kier alpha value is -0.990. The number of carbonyl (C=O) groups is 1. The van der Waals surface area contributed by atoms with E-state index >= 15 is 0 Å². The van der Waals surface area contributed by atoms with Crippen molar-refractivity contribution in [1.29, 1.82) is 0 Å². The fourth-order valence-electron chi connectivity index (χ4n) is 0.479. The van der Waals surface area contributed by atoms with Crippen molar-refractivity contribution >= 4 is 5.97 Å². The third-order valence-corrected chi connectivity index (χ3v) is 0.826. The number of ether oxygens (including phenoxy) is 2. The molecule has 0 rings (SSSR count). The van der Waals surface area contributed by atoms with Crippen LogP contribution in [-0.2, 0) is 14.3 Å². The third-order valence-electron chi connectivity index (χ3n) is 0.826. The molecule has 0 spiro atoms. The zero-order chi connectivity index (χ0) is 8.69. The maximum Gasteiger partial charge on any atom is 0.344 e. The molecule has 0 heterocycles. The molecule has 0 unspecified atom stereocenters. The van der Waals surface area contributed by atoms with Crippen LogP contribution in [0.3, 0.4) is 0 Å². The second-order valence-corrected chi connectivity index (χ2v) is 2.31. The largest absolute Gasteiger partial charge is 0.490 e. The highest BCUT2D eigenvalue weighted by molar-refractivity contribution is 5.70. The minimum absolute atomic E-state index is 0.000972. The van der Waals surface area contributed by atoms with Crippen molar-refractivity contribution in [3.8, 4) is 0 Å². The second-order valence-electron chi connectivity index (χ2n) is 2.31. The molecule has 0 saturated carbocycles. The Morgan fingerprint density at radius 2 is 2.09 bits per heavy atom. The first-order chi connectivity index (χ1) is 5.16. The number of esters is 1. The van der Waals surface area contributed by atoms with E-state index in [2.05, 4.69) is 4.74 Å². The van der Waals surface area contributed by atoms with Gasteiger partial charge >= 0.3 is 5.97 Å². The fraction of sp³-hybridized carbons (Fsp3) is 0.625. The molecule has 0 fully saturated rings. The Balaban J connectivity index is 3.39. The van der Waals surface area contributed by atoms with Gasteiger partial charge in [-0.2, -0.15) is 0 Å². The highest BCUT2D eigenvalue weighted by Crippen LogP contribution is 1.89. The third kappa shape index (κ3) is 6.90. The summed E-state index contributed by atoms with van der Waals surface area (Å²) >= 11 is 0. The number of hydrogen-bond acceptors (Lipinski definition) is 3. The molecule has 0 saturated heterocycles. The maximum absolute atomic E-state index is 10.6. The lowest BCUT2D eigenvalue weighted by Crippen LogP contribution is -2.10. The van der Waals surface area contributed by atoms with Crippen molar-refractivity contribution in [3.63, 3.8) is 0 Å². The smallest absolute Gasteiger partial charge is 0.344 e. The van der Waals surface area contributed by atoms with Gasteiger partial charge in [-0.05, 0) is 26.3 Å². The highest BCUT2D eigenvalue weighted by atomic mass is 16.6. The van der Waals surface area contributed by atoms with E-state index in [0.717, 1.165) is 5.57 Å². The molecule has 0 aliphatic rings. The van der Waals surface area contributed by atoms with Crippen LogP contribution in [0.1, 0.15) is 20.8 Å². The van der Waals surface area contributed by atoms with Gasteiger partial charge in [0.1, 0.15) is 0 Å². The standard InChI is InChI=1S/C8H14O3/c1-4-11-8(9)6-10-5-7(2)3/h5H,4,6H2,1-3H3. The molecule has 0 radical (unpaired) electrons. The van der Waals surface area contributed by atoms with Crippen molar-refractivity contribution < 1.29 is 14.3 Å². The average Bonchev–Trinajstić information content (AvgIpc) is 1.87. The number of allylic oxidation sites excluding steroid dienone is 1. The zero-order valence-corrected chi connectivity index (χ0v) is 7.22. The van der Waals surface area contributed by atoms with Crippen LogP contribution in [0.25, 0.3) is 0 Å². The Kier molecular flexibility index (Phi) is 5.25. The molecule has 0 aromatic heterocycles. The minimum Gasteiger partial charge on any atom is -0.490 e. The number of hydrogen-bond donors (Lipinski definition) is 0. The van der Waals surface area contributed by atoms with E-state index in [4.69, 9.17) is 4.74 Å². The Labute approximate surface area is 67.0 Å². The van der Waals surface area contributed by atoms with Gasteiger partial charge in [0.15, 0.2) is 6.61 Å². The van der Waals surface area contributed by atoms with Gasteiger partial charge in [0.25, 0.3) is 0 Å². The second kappa shape index (κ2) is 5.77. The molecular weight excluding hydrogens is 144 g/mol. The minimum atomic E-state index is -0.329. The van der Waals surface area contributed by atoms with Crippen molar-refractivity contribution in [2.45, 2.75) is 20.8 Å². The highest BCUT2D eigenvalue weighted by Gasteiger charge is 1.98. The van der Waals surface area contributed by atoms with Gasteiger partial charge in [-0.25, -0.2) is 4.79 Å². The predicted octanol–water partition coefficient (Wildman–Crippen LogP) is 1.49. The molecule has 0 aromatic rings. The molecule has 0 atom stereocenters. The molecule has 0 amide bonds. The first kappa shape index (κ1) is 10.0. The molecule has 0 aliphatic heterocycles. The monoisotopic (exact) mass is 158 g/mol. The molecule has 3 heteroatoms. The van der Waals surface area contributed by atoms with Gasteiger partial charge in [-0.15, -0.1) is 0 Å². The number of rotatable bonds is 4. The summed E-state index contributed by atoms with van der Waals surface area (Å²) in [7, 11) is 0. The summed E-state index contributed by atoms with van der Waals surface area (Å²) in [6, 6.07) is 0. The van der Waals surface area contributed by atoms with Crippen LogP contribution in [0.5, 0.6) is 0 Å². The first-order valence-corrected chi connectivity index (χ1v) is 3.57. The van der Waals surface area contributed by atoms with Crippen LogP contribution in [0.4, 0.5) is 0 Å². The molecular formula is C8H14O3. The summed E-state index contributed by atoms with van der Waals surface area (Å²) in [5.41, 5.74) is 1.02. The molecule has 0 bridgehead atoms. The summed E-state index contributed by atoms with van der Waals surface area (Å²) in [4.78, 5) is 10.6. The molecule has 3 nitrogen and oxygen atoms in total. The maximum atomic E-state index is 10.6. The first-order valence-electron chi connectivity index (χ1n) is 3.57. The average molecular weight is 158 g/mol. The fourth-order valence-corrected chi connectivity index (χ4v) is 0.479. The molecule has 64 valence electrons. The summed E-state index contributed by atoms with van der Waals surface area (Å²) < 4.78 is 9.50. The molecule has 0 N–H and O–H groups in total. The van der Waals surface area contributed by atoms with E-state index in [0.29, 0.717) is 6.61 Å². The van der Waals surface area contributed by atoms with E-state index in [1.165, 1.54) is 6.26 Å². The Bertz CT molecular complexity index is 145. The quantitative estimate of drug-likeness (QED) is 0.459. The van der Waals surface area contributed by atoms with E-state index < -0.39 is 0 Å². The molecule has 0 aromatic carbocycles. The summed E-state index contributed by atoms with van der Waals surface area (Å²) in [5, 5.41) is 0. The van der Waals surface area contributed by atoms with Crippen molar-refractivity contribution in [2.75, 3.05) is 13.2 Å². The normalized spacial score (nSPS) is 8.64. The zero-order valence-electron chi connectivity index (χ0n) is 7.22. The summed E-state index contributed by atoms with van der Waals surface area (Å²) in [5.74, 6) is -0.329. The summed E-state index contributed by atoms with van der Waals surface area (Å²) in [6.07, 6.45) is 1.54. The lowest BCUT2D eigenvalue weighted by atomic mass is 10.4. The van der Waals surface area contributed by atoms with E-state index in [-0.39, 0.29) is 12.6 Å². The SMILES string of the molecule is CCOC(=O)COC=C(C)C. The Morgan fingerprint density at radius 3 is 2.55 bits per heavy atom. The van der Waals surface area contributed by atoms with Gasteiger partial charge in [-0.1, -0.05) is 0 Å². The van der Waals surface area contributed by atoms with E-state index in [9.17, 15) is 4.79 Å². The van der Waals surface area contributed by atoms with Gasteiger partial charge in [0.2, 0.25) is 0 Å². The van der Waals surface area contributed by atoms with Crippen molar-refractivity contribution in [2.24, 2.45) is 0 Å². The van der Waals surface area contributed by atoms with Gasteiger partial charge in [0.05, 0.1) is 12.9 Å². The predicted molar refractivity (Wildman–Crippen MR) is 42.0 cm³/mol. The lowest BCUT2D eigenvalue weighted by molar-refractivity contribution is -0.146. The van der Waals surface area contributed by atoms with Gasteiger partial charge < -0.3 is 9.47 Å². The van der Waals surface area contributed by atoms with Crippen molar-refractivity contribution in [3.05, 3.63) is 11.8 Å². The van der Waals surface area contributed by atoms with Crippen LogP contribution in [0, 0.1) is 0 Å². The number of carbonyl (C=O) groups excluding carboxylic acids is 1. The topological polar surface area (TPSA) is 35.5 Å². The summed E-state index contributed by atoms with van der Waals surface area (Å²) in [6.45, 7) is 5.95. The van der Waals surface area contributed by atoms with E-state index in [1.54, 1.807) is 6.92 Å². The van der Waals surface area contributed by atoms with Crippen LogP contribution >= 0.6 is 0 Å². The molecule has 11 heavy (non-hydrogen) atoms. The van der Waals surface area contributed by atoms with Crippen LogP contribution < -0.4 is 0 Å². The van der Waals surface area contributed by atoms with Gasteiger partial charge in [0, 0.05) is 0 Å².